The third kappa shape index (κ3) is 3.19. The highest BCUT2D eigenvalue weighted by Gasteiger charge is 2.25. The SMILES string of the molecule is Cc1[nH]c2ccc(C(=O)N3CCC(Oc4ccccc4)CC3)cc2c1C. The molecule has 1 N–H and O–H groups in total. The number of amides is 1. The fourth-order valence-corrected chi connectivity index (χ4v) is 3.65. The molecule has 2 aromatic carbocycles. The average molecular weight is 348 g/mol. The Kier molecular flexibility index (Phi) is 4.41. The Labute approximate surface area is 153 Å². The highest BCUT2D eigenvalue weighted by molar-refractivity contribution is 5.99. The van der Waals surface area contributed by atoms with Crippen molar-refractivity contribution in [3.05, 3.63) is 65.4 Å². The summed E-state index contributed by atoms with van der Waals surface area (Å²) in [6, 6.07) is 15.9. The molecule has 0 aliphatic carbocycles. The molecule has 0 radical (unpaired) electrons. The number of carbonyl (C=O) groups is 1. The van der Waals surface area contributed by atoms with Gasteiger partial charge >= 0.3 is 0 Å². The van der Waals surface area contributed by atoms with Crippen molar-refractivity contribution in [3.63, 3.8) is 0 Å². The number of hydrogen-bond donors (Lipinski definition) is 1. The predicted octanol–water partition coefficient (Wildman–Crippen LogP) is 4.47. The first-order valence-corrected chi connectivity index (χ1v) is 9.22. The number of rotatable bonds is 3. The van der Waals surface area contributed by atoms with Crippen LogP contribution in [0.1, 0.15) is 34.5 Å². The van der Waals surface area contributed by atoms with Crippen LogP contribution in [0.3, 0.4) is 0 Å². The summed E-state index contributed by atoms with van der Waals surface area (Å²) < 4.78 is 6.02. The van der Waals surface area contributed by atoms with Gasteiger partial charge in [0.15, 0.2) is 0 Å². The Bertz CT molecular complexity index is 922. The number of piperidine rings is 1. The molecule has 4 heteroatoms. The van der Waals surface area contributed by atoms with Crippen molar-refractivity contribution in [3.8, 4) is 5.75 Å². The molecule has 0 spiro atoms. The van der Waals surface area contributed by atoms with Gasteiger partial charge in [-0.15, -0.1) is 0 Å². The number of carbonyl (C=O) groups excluding carboxylic acids is 1. The molecule has 0 unspecified atom stereocenters. The number of likely N-dealkylation sites (tertiary alicyclic amines) is 1. The van der Waals surface area contributed by atoms with Gasteiger partial charge in [-0.1, -0.05) is 18.2 Å². The molecule has 1 aromatic heterocycles. The number of ether oxygens (including phenoxy) is 1. The van der Waals surface area contributed by atoms with E-state index in [1.807, 2.05) is 53.4 Å². The zero-order chi connectivity index (χ0) is 18.1. The Hall–Kier alpha value is -2.75. The maximum absolute atomic E-state index is 12.9. The second-order valence-corrected chi connectivity index (χ2v) is 7.06. The van der Waals surface area contributed by atoms with Crippen molar-refractivity contribution < 1.29 is 9.53 Å². The lowest BCUT2D eigenvalue weighted by atomic mass is 10.0. The van der Waals surface area contributed by atoms with Crippen LogP contribution in [0.4, 0.5) is 0 Å². The zero-order valence-corrected chi connectivity index (χ0v) is 15.3. The molecule has 0 atom stereocenters. The third-order valence-electron chi connectivity index (χ3n) is 5.33. The number of aryl methyl sites for hydroxylation is 2. The van der Waals surface area contributed by atoms with Crippen molar-refractivity contribution in [2.45, 2.75) is 32.8 Å². The van der Waals surface area contributed by atoms with Gasteiger partial charge in [0, 0.05) is 48.1 Å². The fourth-order valence-electron chi connectivity index (χ4n) is 3.65. The summed E-state index contributed by atoms with van der Waals surface area (Å²) in [7, 11) is 0. The minimum Gasteiger partial charge on any atom is -0.490 e. The largest absolute Gasteiger partial charge is 0.490 e. The van der Waals surface area contributed by atoms with Gasteiger partial charge in [0.05, 0.1) is 0 Å². The Morgan fingerprint density at radius 1 is 1.08 bits per heavy atom. The second-order valence-electron chi connectivity index (χ2n) is 7.06. The number of benzene rings is 2. The van der Waals surface area contributed by atoms with Crippen LogP contribution in [0.25, 0.3) is 10.9 Å². The van der Waals surface area contributed by atoms with E-state index in [4.69, 9.17) is 4.74 Å². The number of aromatic nitrogens is 1. The van der Waals surface area contributed by atoms with E-state index in [1.54, 1.807) is 0 Å². The van der Waals surface area contributed by atoms with E-state index in [1.165, 1.54) is 5.56 Å². The summed E-state index contributed by atoms with van der Waals surface area (Å²) in [4.78, 5) is 18.2. The van der Waals surface area contributed by atoms with Crippen LogP contribution < -0.4 is 4.74 Å². The number of fused-ring (bicyclic) bond motifs is 1. The lowest BCUT2D eigenvalue weighted by molar-refractivity contribution is 0.0596. The van der Waals surface area contributed by atoms with Crippen LogP contribution in [-0.4, -0.2) is 35.0 Å². The molecule has 134 valence electrons. The number of nitrogens with zero attached hydrogens (tertiary/aromatic N) is 1. The van der Waals surface area contributed by atoms with Gasteiger partial charge < -0.3 is 14.6 Å². The molecule has 2 heterocycles. The van der Waals surface area contributed by atoms with Gasteiger partial charge in [0.25, 0.3) is 5.91 Å². The van der Waals surface area contributed by atoms with Gasteiger partial charge in [-0.3, -0.25) is 4.79 Å². The molecule has 1 amide bonds. The Morgan fingerprint density at radius 3 is 2.54 bits per heavy atom. The zero-order valence-electron chi connectivity index (χ0n) is 15.3. The standard InChI is InChI=1S/C22H24N2O2/c1-15-16(2)23-21-9-8-17(14-20(15)21)22(25)24-12-10-19(11-13-24)26-18-6-4-3-5-7-18/h3-9,14,19,23H,10-13H2,1-2H3. The summed E-state index contributed by atoms with van der Waals surface area (Å²) in [5.74, 6) is 1.02. The molecule has 3 aromatic rings. The first kappa shape index (κ1) is 16.7. The van der Waals surface area contributed by atoms with E-state index >= 15 is 0 Å². The summed E-state index contributed by atoms with van der Waals surface area (Å²) >= 11 is 0. The average Bonchev–Trinajstić information content (AvgIpc) is 2.96. The van der Waals surface area contributed by atoms with Crippen molar-refractivity contribution in [1.29, 1.82) is 0 Å². The van der Waals surface area contributed by atoms with Gasteiger partial charge in [0.2, 0.25) is 0 Å². The van der Waals surface area contributed by atoms with E-state index in [2.05, 4.69) is 18.8 Å². The minimum absolute atomic E-state index is 0.114. The van der Waals surface area contributed by atoms with Crippen LogP contribution in [0.5, 0.6) is 5.75 Å². The van der Waals surface area contributed by atoms with Crippen LogP contribution in [0, 0.1) is 13.8 Å². The topological polar surface area (TPSA) is 45.3 Å². The molecule has 26 heavy (non-hydrogen) atoms. The van der Waals surface area contributed by atoms with Gasteiger partial charge in [-0.2, -0.15) is 0 Å². The highest BCUT2D eigenvalue weighted by Crippen LogP contribution is 2.24. The van der Waals surface area contributed by atoms with Gasteiger partial charge in [-0.25, -0.2) is 0 Å². The summed E-state index contributed by atoms with van der Waals surface area (Å²) in [5.41, 5.74) is 4.22. The van der Waals surface area contributed by atoms with E-state index in [9.17, 15) is 4.79 Å². The number of hydrogen-bond acceptors (Lipinski definition) is 2. The van der Waals surface area contributed by atoms with Gasteiger partial charge in [-0.05, 0) is 49.7 Å². The molecular weight excluding hydrogens is 324 g/mol. The van der Waals surface area contributed by atoms with E-state index in [0.29, 0.717) is 0 Å². The number of aromatic amines is 1. The van der Waals surface area contributed by atoms with Crippen molar-refractivity contribution in [2.24, 2.45) is 0 Å². The maximum Gasteiger partial charge on any atom is 0.253 e. The van der Waals surface area contributed by atoms with Crippen LogP contribution in [-0.2, 0) is 0 Å². The summed E-state index contributed by atoms with van der Waals surface area (Å²) in [6.45, 7) is 5.63. The van der Waals surface area contributed by atoms with E-state index in [0.717, 1.165) is 53.8 Å². The third-order valence-corrected chi connectivity index (χ3v) is 5.33. The van der Waals surface area contributed by atoms with E-state index < -0.39 is 0 Å². The predicted molar refractivity (Wildman–Crippen MR) is 104 cm³/mol. The Morgan fingerprint density at radius 2 is 1.81 bits per heavy atom. The number of nitrogens with one attached hydrogen (secondary N) is 1. The summed E-state index contributed by atoms with van der Waals surface area (Å²) in [5, 5.41) is 1.13. The quantitative estimate of drug-likeness (QED) is 0.759. The lowest BCUT2D eigenvalue weighted by Gasteiger charge is -2.32. The number of para-hydroxylation sites is 1. The molecule has 1 aliphatic heterocycles. The molecule has 0 saturated carbocycles. The molecule has 4 nitrogen and oxygen atoms in total. The highest BCUT2D eigenvalue weighted by atomic mass is 16.5. The monoisotopic (exact) mass is 348 g/mol. The van der Waals surface area contributed by atoms with Crippen LogP contribution >= 0.6 is 0 Å². The minimum atomic E-state index is 0.114. The molecule has 0 bridgehead atoms. The first-order chi connectivity index (χ1) is 12.6. The van der Waals surface area contributed by atoms with Crippen molar-refractivity contribution in [1.82, 2.24) is 9.88 Å². The van der Waals surface area contributed by atoms with Gasteiger partial charge in [0.1, 0.15) is 11.9 Å². The smallest absolute Gasteiger partial charge is 0.253 e. The summed E-state index contributed by atoms with van der Waals surface area (Å²) in [6.07, 6.45) is 1.91. The van der Waals surface area contributed by atoms with E-state index in [-0.39, 0.29) is 12.0 Å². The molecule has 4 rings (SSSR count). The molecule has 1 saturated heterocycles. The second kappa shape index (κ2) is 6.87. The number of H-pyrrole nitrogens is 1. The fraction of sp³-hybridized carbons (Fsp3) is 0.318. The van der Waals surface area contributed by atoms with Crippen LogP contribution in [0.15, 0.2) is 48.5 Å². The molecule has 1 aliphatic rings. The van der Waals surface area contributed by atoms with Crippen molar-refractivity contribution in [2.75, 3.05) is 13.1 Å². The maximum atomic E-state index is 12.9. The van der Waals surface area contributed by atoms with Crippen LogP contribution in [0.2, 0.25) is 0 Å². The normalized spacial score (nSPS) is 15.4. The Balaban J connectivity index is 1.42. The van der Waals surface area contributed by atoms with Crippen molar-refractivity contribution >= 4 is 16.8 Å². The molecule has 1 fully saturated rings. The lowest BCUT2D eigenvalue weighted by Crippen LogP contribution is -2.41. The molecular formula is C22H24N2O2. The first-order valence-electron chi connectivity index (χ1n) is 9.22.